The highest BCUT2D eigenvalue weighted by atomic mass is 32.2. The Bertz CT molecular complexity index is 1010. The summed E-state index contributed by atoms with van der Waals surface area (Å²) in [6.45, 7) is 9.51. The van der Waals surface area contributed by atoms with E-state index >= 15 is 0 Å². The molecule has 0 atom stereocenters. The molecule has 2 fully saturated rings. The number of hydrogen-bond acceptors (Lipinski definition) is 7. The SMILES string of the molecule is CCN1CCN(Cc2ccc(NC(=O)c3sccc3S(=O)(=O)N3CCSCC3)cc2)CC1. The van der Waals surface area contributed by atoms with E-state index in [1.54, 1.807) is 17.1 Å². The Kier molecular flexibility index (Phi) is 7.91. The molecule has 2 aliphatic heterocycles. The van der Waals surface area contributed by atoms with Crippen molar-refractivity contribution >= 4 is 44.7 Å². The summed E-state index contributed by atoms with van der Waals surface area (Å²) in [5, 5.41) is 4.54. The van der Waals surface area contributed by atoms with Crippen molar-refractivity contribution in [2.75, 3.05) is 62.6 Å². The quantitative estimate of drug-likeness (QED) is 0.638. The van der Waals surface area contributed by atoms with Crippen molar-refractivity contribution in [3.05, 3.63) is 46.2 Å². The van der Waals surface area contributed by atoms with Gasteiger partial charge in [-0.15, -0.1) is 11.3 Å². The maximum atomic E-state index is 13.0. The average molecular weight is 495 g/mol. The molecule has 0 bridgehead atoms. The molecule has 1 aromatic carbocycles. The largest absolute Gasteiger partial charge is 0.321 e. The van der Waals surface area contributed by atoms with Crippen LogP contribution in [0.4, 0.5) is 5.69 Å². The molecule has 2 aromatic rings. The molecule has 0 radical (unpaired) electrons. The van der Waals surface area contributed by atoms with Crippen LogP contribution in [-0.4, -0.2) is 85.7 Å². The van der Waals surface area contributed by atoms with Crippen LogP contribution in [0.25, 0.3) is 0 Å². The van der Waals surface area contributed by atoms with Crippen molar-refractivity contribution in [1.29, 1.82) is 0 Å². The number of piperazine rings is 1. The molecule has 32 heavy (non-hydrogen) atoms. The van der Waals surface area contributed by atoms with Crippen molar-refractivity contribution in [3.63, 3.8) is 0 Å². The number of benzene rings is 1. The highest BCUT2D eigenvalue weighted by molar-refractivity contribution is 7.99. The first kappa shape index (κ1) is 23.7. The molecule has 2 aliphatic rings. The van der Waals surface area contributed by atoms with Crippen molar-refractivity contribution < 1.29 is 13.2 Å². The number of likely N-dealkylation sites (N-methyl/N-ethyl adjacent to an activating group) is 1. The van der Waals surface area contributed by atoms with Gasteiger partial charge in [-0.25, -0.2) is 8.42 Å². The van der Waals surface area contributed by atoms with Gasteiger partial charge in [-0.05, 0) is 35.7 Å². The highest BCUT2D eigenvalue weighted by Gasteiger charge is 2.31. The van der Waals surface area contributed by atoms with Gasteiger partial charge in [-0.2, -0.15) is 16.1 Å². The molecule has 1 aromatic heterocycles. The summed E-state index contributed by atoms with van der Waals surface area (Å²) in [5.74, 6) is 1.19. The Labute approximate surface area is 198 Å². The van der Waals surface area contributed by atoms with Crippen molar-refractivity contribution in [3.8, 4) is 0 Å². The second-order valence-electron chi connectivity index (χ2n) is 7.99. The minimum atomic E-state index is -3.66. The number of hydrogen-bond donors (Lipinski definition) is 1. The minimum Gasteiger partial charge on any atom is -0.321 e. The second-order valence-corrected chi connectivity index (χ2v) is 12.0. The van der Waals surface area contributed by atoms with E-state index in [0.717, 1.165) is 62.1 Å². The fraction of sp³-hybridized carbons (Fsp3) is 0.500. The van der Waals surface area contributed by atoms with Gasteiger partial charge >= 0.3 is 0 Å². The first-order chi connectivity index (χ1) is 15.5. The van der Waals surface area contributed by atoms with E-state index in [2.05, 4.69) is 22.0 Å². The smallest absolute Gasteiger partial charge is 0.267 e. The number of nitrogens with one attached hydrogen (secondary N) is 1. The first-order valence-corrected chi connectivity index (χ1v) is 14.4. The summed E-state index contributed by atoms with van der Waals surface area (Å²) in [5.41, 5.74) is 1.87. The van der Waals surface area contributed by atoms with Crippen LogP contribution in [0.2, 0.25) is 0 Å². The fourth-order valence-corrected chi connectivity index (χ4v) is 7.87. The highest BCUT2D eigenvalue weighted by Crippen LogP contribution is 2.28. The minimum absolute atomic E-state index is 0.106. The summed E-state index contributed by atoms with van der Waals surface area (Å²) >= 11 is 2.91. The molecule has 7 nitrogen and oxygen atoms in total. The van der Waals surface area contributed by atoms with Gasteiger partial charge in [0.05, 0.1) is 0 Å². The average Bonchev–Trinajstić information content (AvgIpc) is 3.33. The summed E-state index contributed by atoms with van der Waals surface area (Å²) in [6, 6.07) is 9.37. The maximum Gasteiger partial charge on any atom is 0.267 e. The number of carbonyl (C=O) groups excluding carboxylic acids is 1. The lowest BCUT2D eigenvalue weighted by Gasteiger charge is -2.34. The van der Waals surface area contributed by atoms with Gasteiger partial charge in [0.15, 0.2) is 0 Å². The third kappa shape index (κ3) is 5.55. The van der Waals surface area contributed by atoms with Gasteiger partial charge in [-0.3, -0.25) is 9.69 Å². The van der Waals surface area contributed by atoms with E-state index in [4.69, 9.17) is 0 Å². The molecule has 4 rings (SSSR count). The van der Waals surface area contributed by atoms with Crippen molar-refractivity contribution in [1.82, 2.24) is 14.1 Å². The number of amides is 1. The third-order valence-electron chi connectivity index (χ3n) is 5.95. The summed E-state index contributed by atoms with van der Waals surface area (Å²) in [6.07, 6.45) is 0. The molecular formula is C22H30N4O3S3. The van der Waals surface area contributed by atoms with Crippen LogP contribution in [0.3, 0.4) is 0 Å². The molecule has 10 heteroatoms. The number of thioether (sulfide) groups is 1. The lowest BCUT2D eigenvalue weighted by Crippen LogP contribution is -2.45. The first-order valence-electron chi connectivity index (χ1n) is 11.0. The second kappa shape index (κ2) is 10.7. The van der Waals surface area contributed by atoms with E-state index in [-0.39, 0.29) is 15.7 Å². The zero-order chi connectivity index (χ0) is 22.6. The standard InChI is InChI=1S/C22H30N4O3S3/c1-2-24-8-10-25(11-9-24)17-18-3-5-19(6-4-18)23-22(27)21-20(7-14-31-21)32(28,29)26-12-15-30-16-13-26/h3-7,14H,2,8-13,15-17H2,1H3,(H,23,27). The Morgan fingerprint density at radius 1 is 0.969 bits per heavy atom. The topological polar surface area (TPSA) is 73.0 Å². The molecule has 0 unspecified atom stereocenters. The number of anilines is 1. The lowest BCUT2D eigenvalue weighted by atomic mass is 10.1. The number of carbonyl (C=O) groups is 1. The van der Waals surface area contributed by atoms with Crippen LogP contribution in [0.1, 0.15) is 22.2 Å². The number of nitrogens with zero attached hydrogens (tertiary/aromatic N) is 3. The van der Waals surface area contributed by atoms with E-state index < -0.39 is 10.0 Å². The Balaban J connectivity index is 1.38. The van der Waals surface area contributed by atoms with Gasteiger partial charge in [0, 0.05) is 63.0 Å². The molecule has 1 amide bonds. The fourth-order valence-electron chi connectivity index (χ4n) is 4.00. The predicted octanol–water partition coefficient (Wildman–Crippen LogP) is 2.88. The number of sulfonamides is 1. The molecule has 0 spiro atoms. The summed E-state index contributed by atoms with van der Waals surface area (Å²) < 4.78 is 27.6. The Morgan fingerprint density at radius 3 is 2.28 bits per heavy atom. The molecule has 1 N–H and O–H groups in total. The Morgan fingerprint density at radius 2 is 1.62 bits per heavy atom. The summed E-state index contributed by atoms with van der Waals surface area (Å²) in [7, 11) is -3.66. The van der Waals surface area contributed by atoms with Crippen LogP contribution in [-0.2, 0) is 16.6 Å². The van der Waals surface area contributed by atoms with Gasteiger partial charge in [0.2, 0.25) is 10.0 Å². The van der Waals surface area contributed by atoms with Crippen LogP contribution >= 0.6 is 23.1 Å². The lowest BCUT2D eigenvalue weighted by molar-refractivity contribution is 0.102. The zero-order valence-electron chi connectivity index (χ0n) is 18.3. The summed E-state index contributed by atoms with van der Waals surface area (Å²) in [4.78, 5) is 18.1. The van der Waals surface area contributed by atoms with Crippen molar-refractivity contribution in [2.45, 2.75) is 18.4 Å². The van der Waals surface area contributed by atoms with Crippen LogP contribution < -0.4 is 5.32 Å². The molecule has 0 saturated carbocycles. The maximum absolute atomic E-state index is 13.0. The molecular weight excluding hydrogens is 464 g/mol. The normalized spacial score (nSPS) is 19.2. The van der Waals surface area contributed by atoms with Crippen LogP contribution in [0, 0.1) is 0 Å². The Hall–Kier alpha value is -1.43. The van der Waals surface area contributed by atoms with E-state index in [1.165, 1.54) is 15.9 Å². The van der Waals surface area contributed by atoms with E-state index in [1.807, 2.05) is 24.3 Å². The van der Waals surface area contributed by atoms with Gasteiger partial charge in [0.1, 0.15) is 9.77 Å². The van der Waals surface area contributed by atoms with Crippen LogP contribution in [0.15, 0.2) is 40.6 Å². The van der Waals surface area contributed by atoms with Crippen LogP contribution in [0.5, 0.6) is 0 Å². The third-order valence-corrected chi connectivity index (χ3v) is 9.88. The van der Waals surface area contributed by atoms with Gasteiger partial charge in [0.25, 0.3) is 5.91 Å². The molecule has 2 saturated heterocycles. The van der Waals surface area contributed by atoms with E-state index in [0.29, 0.717) is 18.8 Å². The number of rotatable bonds is 7. The van der Waals surface area contributed by atoms with Crippen molar-refractivity contribution in [2.24, 2.45) is 0 Å². The predicted molar refractivity (Wildman–Crippen MR) is 132 cm³/mol. The number of thiophene rings is 1. The van der Waals surface area contributed by atoms with Gasteiger partial charge in [-0.1, -0.05) is 19.1 Å². The molecule has 0 aliphatic carbocycles. The molecule has 3 heterocycles. The molecule has 174 valence electrons. The monoisotopic (exact) mass is 494 g/mol. The van der Waals surface area contributed by atoms with Gasteiger partial charge < -0.3 is 10.2 Å². The zero-order valence-corrected chi connectivity index (χ0v) is 20.8. The van der Waals surface area contributed by atoms with E-state index in [9.17, 15) is 13.2 Å².